The van der Waals surface area contributed by atoms with Crippen LogP contribution in [-0.2, 0) is 16.4 Å². The highest BCUT2D eigenvalue weighted by Crippen LogP contribution is 2.18. The molecule has 1 unspecified atom stereocenters. The lowest BCUT2D eigenvalue weighted by atomic mass is 10.2. The zero-order chi connectivity index (χ0) is 18.7. The first-order chi connectivity index (χ1) is 12.4. The van der Waals surface area contributed by atoms with Gasteiger partial charge in [0.1, 0.15) is 0 Å². The summed E-state index contributed by atoms with van der Waals surface area (Å²) in [6, 6.07) is 2.40. The summed E-state index contributed by atoms with van der Waals surface area (Å²) in [7, 11) is -1.99. The van der Waals surface area contributed by atoms with Gasteiger partial charge in [-0.3, -0.25) is 4.90 Å². The molecular formula is C15H19F2N5O3S. The van der Waals surface area contributed by atoms with Gasteiger partial charge in [0.05, 0.1) is 10.9 Å². The second kappa shape index (κ2) is 7.74. The molecule has 2 N–H and O–H groups in total. The van der Waals surface area contributed by atoms with Gasteiger partial charge >= 0.3 is 0 Å². The summed E-state index contributed by atoms with van der Waals surface area (Å²) in [5.74, 6) is -1.49. The molecule has 0 amide bonds. The number of halogens is 2. The molecule has 1 aliphatic rings. The van der Waals surface area contributed by atoms with Crippen molar-refractivity contribution < 1.29 is 21.7 Å². The molecule has 1 saturated heterocycles. The lowest BCUT2D eigenvalue weighted by Gasteiger charge is -2.30. The highest BCUT2D eigenvalue weighted by molar-refractivity contribution is 7.89. The third-order valence-corrected chi connectivity index (χ3v) is 5.58. The topological polar surface area (TPSA) is 100 Å². The number of benzene rings is 1. The summed E-state index contributed by atoms with van der Waals surface area (Å²) in [6.45, 7) is 2.45. The Morgan fingerprint density at radius 2 is 2.19 bits per heavy atom. The van der Waals surface area contributed by atoms with E-state index in [0.717, 1.165) is 25.2 Å². The molecule has 11 heteroatoms. The number of rotatable bonds is 6. The van der Waals surface area contributed by atoms with Crippen molar-refractivity contribution >= 4 is 10.0 Å². The van der Waals surface area contributed by atoms with Crippen molar-refractivity contribution in [1.82, 2.24) is 25.1 Å². The van der Waals surface area contributed by atoms with Gasteiger partial charge in [0.15, 0.2) is 17.5 Å². The zero-order valence-electron chi connectivity index (χ0n) is 14.1. The van der Waals surface area contributed by atoms with Crippen molar-refractivity contribution in [3.63, 3.8) is 0 Å². The van der Waals surface area contributed by atoms with Crippen LogP contribution in [0.1, 0.15) is 17.8 Å². The standard InChI is InChI=1S/C15H19F2N5O3S/c1-22-7-6-18-9-13(22)15-20-14(25-21-15)4-5-19-26(23,24)10-2-3-11(16)12(17)8-10/h2-3,8,13,18-19H,4-7,9H2,1H3. The molecular weight excluding hydrogens is 368 g/mol. The maximum absolute atomic E-state index is 13.2. The van der Waals surface area contributed by atoms with Crippen molar-refractivity contribution in [2.75, 3.05) is 33.2 Å². The van der Waals surface area contributed by atoms with E-state index in [-0.39, 0.29) is 23.9 Å². The van der Waals surface area contributed by atoms with Gasteiger partial charge in [-0.25, -0.2) is 21.9 Å². The predicted octanol–water partition coefficient (Wildman–Crippen LogP) is 0.445. The van der Waals surface area contributed by atoms with Gasteiger partial charge in [-0.1, -0.05) is 5.16 Å². The van der Waals surface area contributed by atoms with Gasteiger partial charge in [-0.05, 0) is 25.2 Å². The first-order valence-electron chi connectivity index (χ1n) is 8.05. The molecule has 2 aromatic rings. The van der Waals surface area contributed by atoms with Crippen LogP contribution in [0.15, 0.2) is 27.6 Å². The number of sulfonamides is 1. The van der Waals surface area contributed by atoms with Crippen LogP contribution < -0.4 is 10.0 Å². The van der Waals surface area contributed by atoms with Crippen molar-refractivity contribution in [2.45, 2.75) is 17.4 Å². The van der Waals surface area contributed by atoms with Crippen molar-refractivity contribution in [2.24, 2.45) is 0 Å². The molecule has 8 nitrogen and oxygen atoms in total. The predicted molar refractivity (Wildman–Crippen MR) is 87.8 cm³/mol. The minimum atomic E-state index is -3.96. The van der Waals surface area contributed by atoms with Crippen LogP contribution in [0.2, 0.25) is 0 Å². The number of nitrogens with zero attached hydrogens (tertiary/aromatic N) is 3. The van der Waals surface area contributed by atoms with Crippen LogP contribution in [0.5, 0.6) is 0 Å². The number of piperazine rings is 1. The third kappa shape index (κ3) is 4.23. The number of aromatic nitrogens is 2. The summed E-state index contributed by atoms with van der Waals surface area (Å²) < 4.78 is 57.8. The highest BCUT2D eigenvalue weighted by Gasteiger charge is 2.25. The fourth-order valence-electron chi connectivity index (χ4n) is 2.62. The molecule has 0 saturated carbocycles. The Morgan fingerprint density at radius 1 is 1.38 bits per heavy atom. The van der Waals surface area contributed by atoms with E-state index in [1.807, 2.05) is 7.05 Å². The molecule has 1 fully saturated rings. The number of likely N-dealkylation sites (N-methyl/N-ethyl adjacent to an activating group) is 1. The lowest BCUT2D eigenvalue weighted by Crippen LogP contribution is -2.44. The van der Waals surface area contributed by atoms with E-state index in [1.165, 1.54) is 0 Å². The Bertz CT molecular complexity index is 874. The molecule has 0 spiro atoms. The van der Waals surface area contributed by atoms with Crippen LogP contribution in [0.4, 0.5) is 8.78 Å². The summed E-state index contributed by atoms with van der Waals surface area (Å²) in [6.07, 6.45) is 0.180. The second-order valence-corrected chi connectivity index (χ2v) is 7.74. The zero-order valence-corrected chi connectivity index (χ0v) is 14.9. The molecule has 2 heterocycles. The van der Waals surface area contributed by atoms with Gasteiger partial charge in [0, 0.05) is 32.6 Å². The van der Waals surface area contributed by atoms with Gasteiger partial charge in [0.25, 0.3) is 0 Å². The largest absolute Gasteiger partial charge is 0.339 e. The van der Waals surface area contributed by atoms with E-state index in [9.17, 15) is 17.2 Å². The van der Waals surface area contributed by atoms with E-state index >= 15 is 0 Å². The van der Waals surface area contributed by atoms with E-state index in [0.29, 0.717) is 24.3 Å². The third-order valence-electron chi connectivity index (χ3n) is 4.13. The maximum atomic E-state index is 13.2. The molecule has 0 radical (unpaired) electrons. The van der Waals surface area contributed by atoms with Crippen LogP contribution in [0.25, 0.3) is 0 Å². The molecule has 0 aliphatic carbocycles. The average Bonchev–Trinajstić information content (AvgIpc) is 3.06. The Morgan fingerprint density at radius 3 is 2.92 bits per heavy atom. The summed E-state index contributed by atoms with van der Waals surface area (Å²) >= 11 is 0. The molecule has 1 aromatic carbocycles. The fourth-order valence-corrected chi connectivity index (χ4v) is 3.66. The SMILES string of the molecule is CN1CCNCC1c1noc(CCNS(=O)(=O)c2ccc(F)c(F)c2)n1. The number of hydrogen-bond acceptors (Lipinski definition) is 7. The van der Waals surface area contributed by atoms with E-state index in [4.69, 9.17) is 4.52 Å². The maximum Gasteiger partial charge on any atom is 0.240 e. The Kier molecular flexibility index (Phi) is 5.61. The van der Waals surface area contributed by atoms with Crippen LogP contribution in [-0.4, -0.2) is 56.7 Å². The lowest BCUT2D eigenvalue weighted by molar-refractivity contribution is 0.190. The normalized spacial score (nSPS) is 19.0. The van der Waals surface area contributed by atoms with Gasteiger partial charge in [0.2, 0.25) is 15.9 Å². The second-order valence-electron chi connectivity index (χ2n) is 5.97. The average molecular weight is 387 g/mol. The number of nitrogens with one attached hydrogen (secondary N) is 2. The first-order valence-corrected chi connectivity index (χ1v) is 9.53. The van der Waals surface area contributed by atoms with Crippen molar-refractivity contribution in [3.8, 4) is 0 Å². The van der Waals surface area contributed by atoms with Crippen LogP contribution >= 0.6 is 0 Å². The molecule has 0 bridgehead atoms. The highest BCUT2D eigenvalue weighted by atomic mass is 32.2. The number of hydrogen-bond donors (Lipinski definition) is 2. The van der Waals surface area contributed by atoms with E-state index in [2.05, 4.69) is 25.1 Å². The summed E-state index contributed by atoms with van der Waals surface area (Å²) in [5.41, 5.74) is 0. The van der Waals surface area contributed by atoms with Crippen molar-refractivity contribution in [3.05, 3.63) is 41.5 Å². The first kappa shape index (κ1) is 18.8. The molecule has 1 aliphatic heterocycles. The van der Waals surface area contributed by atoms with E-state index in [1.54, 1.807) is 0 Å². The quantitative estimate of drug-likeness (QED) is 0.742. The van der Waals surface area contributed by atoms with Gasteiger partial charge in [-0.2, -0.15) is 4.98 Å². The molecule has 3 rings (SSSR count). The minimum absolute atomic E-state index is 0.000122. The van der Waals surface area contributed by atoms with Crippen LogP contribution in [0, 0.1) is 11.6 Å². The molecule has 142 valence electrons. The fraction of sp³-hybridized carbons (Fsp3) is 0.467. The summed E-state index contributed by atoms with van der Waals surface area (Å²) in [4.78, 5) is 6.06. The van der Waals surface area contributed by atoms with Crippen molar-refractivity contribution in [1.29, 1.82) is 0 Å². The molecule has 1 atom stereocenters. The summed E-state index contributed by atoms with van der Waals surface area (Å²) in [5, 5.41) is 7.20. The van der Waals surface area contributed by atoms with Gasteiger partial charge < -0.3 is 9.84 Å². The molecule has 26 heavy (non-hydrogen) atoms. The van der Waals surface area contributed by atoms with Gasteiger partial charge in [-0.15, -0.1) is 0 Å². The Labute approximate surface area is 149 Å². The Hall–Kier alpha value is -1.95. The Balaban J connectivity index is 1.58. The minimum Gasteiger partial charge on any atom is -0.339 e. The van der Waals surface area contributed by atoms with E-state index < -0.39 is 21.7 Å². The molecule has 1 aromatic heterocycles. The smallest absolute Gasteiger partial charge is 0.240 e. The monoisotopic (exact) mass is 387 g/mol. The van der Waals surface area contributed by atoms with Crippen LogP contribution in [0.3, 0.4) is 0 Å².